The number of hydrogen-bond donors (Lipinski definition) is 1. The predicted molar refractivity (Wildman–Crippen MR) is 79.7 cm³/mol. The molecule has 0 amide bonds. The molecule has 1 aliphatic heterocycles. The van der Waals surface area contributed by atoms with Crippen LogP contribution in [0.1, 0.15) is 26.5 Å². The van der Waals surface area contributed by atoms with Crippen LogP contribution in [0.3, 0.4) is 0 Å². The van der Waals surface area contributed by atoms with Crippen LogP contribution >= 0.6 is 15.9 Å². The van der Waals surface area contributed by atoms with Crippen LogP contribution in [0.15, 0.2) is 20.3 Å². The molecule has 0 unspecified atom stereocenters. The van der Waals surface area contributed by atoms with Gasteiger partial charge in [-0.1, -0.05) is 0 Å². The molecule has 0 aromatic carbocycles. The highest BCUT2D eigenvalue weighted by Crippen LogP contribution is 2.31. The third kappa shape index (κ3) is 4.29. The summed E-state index contributed by atoms with van der Waals surface area (Å²) >= 11 is 3.03. The lowest BCUT2D eigenvalue weighted by atomic mass is 10.2. The number of aromatic amines is 1. The largest absolute Gasteiger partial charge is 0.463 e. The van der Waals surface area contributed by atoms with Gasteiger partial charge in [-0.05, 0) is 15.9 Å². The van der Waals surface area contributed by atoms with Crippen LogP contribution < -0.4 is 11.2 Å². The fraction of sp³-hybridized carbons (Fsp3) is 0.538. The van der Waals surface area contributed by atoms with Crippen LogP contribution in [0, 0.1) is 0 Å². The van der Waals surface area contributed by atoms with Crippen molar-refractivity contribution < 1.29 is 23.8 Å². The van der Waals surface area contributed by atoms with E-state index in [0.29, 0.717) is 0 Å². The van der Waals surface area contributed by atoms with E-state index >= 15 is 0 Å². The Balaban J connectivity index is 2.27. The van der Waals surface area contributed by atoms with Gasteiger partial charge in [-0.25, -0.2) is 4.79 Å². The summed E-state index contributed by atoms with van der Waals surface area (Å²) in [4.78, 5) is 47.6. The number of H-pyrrole nitrogens is 1. The Morgan fingerprint density at radius 1 is 1.39 bits per heavy atom. The molecule has 23 heavy (non-hydrogen) atoms. The third-order valence-electron chi connectivity index (χ3n) is 3.13. The molecule has 2 heterocycles. The molecule has 2 rings (SSSR count). The predicted octanol–water partition coefficient (Wildman–Crippen LogP) is 0.0814. The van der Waals surface area contributed by atoms with Crippen molar-refractivity contribution in [3.63, 3.8) is 0 Å². The van der Waals surface area contributed by atoms with Gasteiger partial charge in [0.15, 0.2) is 6.23 Å². The minimum atomic E-state index is -0.930. The number of esters is 2. The van der Waals surface area contributed by atoms with E-state index in [2.05, 4.69) is 20.9 Å². The molecule has 0 radical (unpaired) electrons. The zero-order valence-corrected chi connectivity index (χ0v) is 14.0. The summed E-state index contributed by atoms with van der Waals surface area (Å²) in [6, 6.07) is 0. The van der Waals surface area contributed by atoms with E-state index in [9.17, 15) is 19.2 Å². The van der Waals surface area contributed by atoms with Gasteiger partial charge in [0.2, 0.25) is 0 Å². The first-order valence-electron chi connectivity index (χ1n) is 6.75. The van der Waals surface area contributed by atoms with Gasteiger partial charge in [0.25, 0.3) is 5.56 Å². The first-order chi connectivity index (χ1) is 10.8. The summed E-state index contributed by atoms with van der Waals surface area (Å²) in [7, 11) is 0. The zero-order valence-electron chi connectivity index (χ0n) is 12.4. The smallest absolute Gasteiger partial charge is 0.330 e. The number of ether oxygens (including phenoxy) is 3. The van der Waals surface area contributed by atoms with Gasteiger partial charge in [0.1, 0.15) is 12.7 Å². The standard InChI is InChI=1S/C13H15BrN2O7/c1-6(17)21-5-8-3-10(22-7(2)18)12(23-8)16-4-9(14)11(19)15-13(16)20/h4,8,10,12H,3,5H2,1-2H3,(H,15,19,20)/t8-,10-,12-/m1/s1. The summed E-state index contributed by atoms with van der Waals surface area (Å²) in [6.07, 6.45) is -0.702. The molecule has 9 nitrogen and oxygen atoms in total. The van der Waals surface area contributed by atoms with Crippen LogP contribution in [0.2, 0.25) is 0 Å². The molecular weight excluding hydrogens is 376 g/mol. The number of nitrogens with zero attached hydrogens (tertiary/aromatic N) is 1. The van der Waals surface area contributed by atoms with E-state index in [4.69, 9.17) is 14.2 Å². The number of carbonyl (C=O) groups excluding carboxylic acids is 2. The first-order valence-corrected chi connectivity index (χ1v) is 7.54. The normalized spacial score (nSPS) is 23.5. The van der Waals surface area contributed by atoms with E-state index in [1.807, 2.05) is 0 Å². The fourth-order valence-electron chi connectivity index (χ4n) is 2.25. The monoisotopic (exact) mass is 390 g/mol. The Bertz CT molecular complexity index is 726. The van der Waals surface area contributed by atoms with Crippen LogP contribution in [0.5, 0.6) is 0 Å². The molecule has 1 aromatic heterocycles. The van der Waals surface area contributed by atoms with Crippen molar-refractivity contribution in [1.29, 1.82) is 0 Å². The van der Waals surface area contributed by atoms with E-state index in [1.54, 1.807) is 0 Å². The summed E-state index contributed by atoms with van der Waals surface area (Å²) < 4.78 is 16.9. The number of rotatable bonds is 4. The van der Waals surface area contributed by atoms with Crippen molar-refractivity contribution in [2.75, 3.05) is 6.61 Å². The molecule has 0 bridgehead atoms. The second-order valence-corrected chi connectivity index (χ2v) is 5.83. The summed E-state index contributed by atoms with van der Waals surface area (Å²) in [5, 5.41) is 0. The molecule has 0 saturated carbocycles. The van der Waals surface area contributed by atoms with Crippen LogP contribution in [-0.4, -0.2) is 40.3 Å². The minimum absolute atomic E-state index is 0.0249. The maximum absolute atomic E-state index is 12.0. The third-order valence-corrected chi connectivity index (χ3v) is 3.70. The molecule has 126 valence electrons. The Morgan fingerprint density at radius 3 is 2.70 bits per heavy atom. The second kappa shape index (κ2) is 7.09. The molecule has 1 saturated heterocycles. The van der Waals surface area contributed by atoms with E-state index < -0.39 is 41.6 Å². The van der Waals surface area contributed by atoms with E-state index in [1.165, 1.54) is 20.0 Å². The van der Waals surface area contributed by atoms with Crippen molar-refractivity contribution in [3.05, 3.63) is 31.5 Å². The minimum Gasteiger partial charge on any atom is -0.463 e. The summed E-state index contributed by atoms with van der Waals surface area (Å²) in [5.74, 6) is -1.00. The summed E-state index contributed by atoms with van der Waals surface area (Å²) in [6.45, 7) is 2.48. The van der Waals surface area contributed by atoms with Crippen molar-refractivity contribution in [3.8, 4) is 0 Å². The average molecular weight is 391 g/mol. The van der Waals surface area contributed by atoms with Crippen molar-refractivity contribution in [1.82, 2.24) is 9.55 Å². The van der Waals surface area contributed by atoms with Crippen LogP contribution in [0.4, 0.5) is 0 Å². The second-order valence-electron chi connectivity index (χ2n) is 4.98. The number of halogens is 1. The molecular formula is C13H15BrN2O7. The van der Waals surface area contributed by atoms with Gasteiger partial charge in [-0.2, -0.15) is 0 Å². The highest BCUT2D eigenvalue weighted by Gasteiger charge is 2.40. The maximum atomic E-state index is 12.0. The Labute approximate surface area is 138 Å². The van der Waals surface area contributed by atoms with Crippen molar-refractivity contribution in [2.45, 2.75) is 38.7 Å². The average Bonchev–Trinajstić information content (AvgIpc) is 2.82. The molecule has 10 heteroatoms. The Morgan fingerprint density at radius 2 is 2.09 bits per heavy atom. The van der Waals surface area contributed by atoms with E-state index in [0.717, 1.165) is 4.57 Å². The van der Waals surface area contributed by atoms with Gasteiger partial charge in [-0.15, -0.1) is 0 Å². The van der Waals surface area contributed by atoms with Gasteiger partial charge in [-0.3, -0.25) is 23.9 Å². The first kappa shape index (κ1) is 17.4. The van der Waals surface area contributed by atoms with Crippen LogP contribution in [-0.2, 0) is 23.8 Å². The fourth-order valence-corrected chi connectivity index (χ4v) is 2.57. The van der Waals surface area contributed by atoms with Crippen molar-refractivity contribution in [2.24, 2.45) is 0 Å². The Hall–Kier alpha value is -1.94. The lowest BCUT2D eigenvalue weighted by Gasteiger charge is -2.20. The zero-order chi connectivity index (χ0) is 17.1. The van der Waals surface area contributed by atoms with E-state index in [-0.39, 0.29) is 17.5 Å². The molecule has 3 atom stereocenters. The quantitative estimate of drug-likeness (QED) is 0.723. The van der Waals surface area contributed by atoms with Crippen LogP contribution in [0.25, 0.3) is 0 Å². The van der Waals surface area contributed by atoms with Crippen molar-refractivity contribution >= 4 is 27.9 Å². The topological polar surface area (TPSA) is 117 Å². The van der Waals surface area contributed by atoms with Gasteiger partial charge in [0, 0.05) is 26.5 Å². The SMILES string of the molecule is CC(=O)OC[C@H]1C[C@@H](OC(C)=O)[C@H](n2cc(Br)c(=O)[nH]c2=O)O1. The van der Waals surface area contributed by atoms with Gasteiger partial charge < -0.3 is 14.2 Å². The molecule has 0 spiro atoms. The number of nitrogens with one attached hydrogen (secondary N) is 1. The summed E-state index contributed by atoms with van der Waals surface area (Å²) in [5.41, 5.74) is -1.28. The number of carbonyl (C=O) groups is 2. The maximum Gasteiger partial charge on any atom is 0.330 e. The highest BCUT2D eigenvalue weighted by molar-refractivity contribution is 9.10. The Kier molecular flexibility index (Phi) is 5.37. The lowest BCUT2D eigenvalue weighted by Crippen LogP contribution is -2.36. The molecule has 1 N–H and O–H groups in total. The molecule has 1 fully saturated rings. The molecule has 1 aromatic rings. The number of aromatic nitrogens is 2. The van der Waals surface area contributed by atoms with Gasteiger partial charge in [0.05, 0.1) is 10.6 Å². The lowest BCUT2D eigenvalue weighted by molar-refractivity contribution is -0.153. The number of hydrogen-bond acceptors (Lipinski definition) is 7. The highest BCUT2D eigenvalue weighted by atomic mass is 79.9. The molecule has 0 aliphatic carbocycles. The van der Waals surface area contributed by atoms with Gasteiger partial charge >= 0.3 is 17.6 Å². The molecule has 1 aliphatic rings.